The number of fused-ring (bicyclic) bond motifs is 1. The Labute approximate surface area is 184 Å². The van der Waals surface area contributed by atoms with Crippen LogP contribution >= 0.6 is 0 Å². The summed E-state index contributed by atoms with van der Waals surface area (Å²) in [7, 11) is 0. The molecule has 7 nitrogen and oxygen atoms in total. The summed E-state index contributed by atoms with van der Waals surface area (Å²) in [6.07, 6.45) is 1.23. The second-order valence-electron chi connectivity index (χ2n) is 10.0. The molecule has 0 spiro atoms. The Morgan fingerprint density at radius 3 is 2.39 bits per heavy atom. The Morgan fingerprint density at radius 2 is 1.81 bits per heavy atom. The van der Waals surface area contributed by atoms with Crippen molar-refractivity contribution >= 4 is 16.9 Å². The van der Waals surface area contributed by atoms with Gasteiger partial charge in [-0.25, -0.2) is 4.79 Å². The first-order chi connectivity index (χ1) is 14.3. The van der Waals surface area contributed by atoms with Gasteiger partial charge < -0.3 is 24.5 Å². The van der Waals surface area contributed by atoms with Crippen LogP contribution in [0.1, 0.15) is 67.0 Å². The highest BCUT2D eigenvalue weighted by atomic mass is 16.6. The fourth-order valence-corrected chi connectivity index (χ4v) is 3.22. The third-order valence-corrected chi connectivity index (χ3v) is 4.49. The monoisotopic (exact) mass is 432 g/mol. The van der Waals surface area contributed by atoms with Crippen LogP contribution in [0.25, 0.3) is 10.8 Å². The number of pyridine rings is 1. The zero-order valence-corrected chi connectivity index (χ0v) is 19.8. The maximum atomic E-state index is 13.4. The molecule has 0 atom stereocenters. The van der Waals surface area contributed by atoms with Crippen molar-refractivity contribution in [1.29, 1.82) is 0 Å². The third kappa shape index (κ3) is 6.91. The number of carbonyl (C=O) groups is 1. The minimum atomic E-state index is -0.634. The Kier molecular flexibility index (Phi) is 7.63. The number of nitrogens with zero attached hydrogens (tertiary/aromatic N) is 1. The lowest BCUT2D eigenvalue weighted by molar-refractivity contribution is 0.0521. The van der Waals surface area contributed by atoms with Crippen molar-refractivity contribution in [1.82, 2.24) is 9.88 Å². The summed E-state index contributed by atoms with van der Waals surface area (Å²) < 4.78 is 13.1. The summed E-state index contributed by atoms with van der Waals surface area (Å²) in [5, 5.41) is 13.8. The lowest BCUT2D eigenvalue weighted by Gasteiger charge is -2.26. The molecular weight excluding hydrogens is 396 g/mol. The van der Waals surface area contributed by atoms with Gasteiger partial charge in [0.05, 0.1) is 24.2 Å². The van der Waals surface area contributed by atoms with Crippen LogP contribution in [-0.4, -0.2) is 28.0 Å². The molecule has 1 aromatic heterocycles. The zero-order valence-electron chi connectivity index (χ0n) is 19.8. The fourth-order valence-electron chi connectivity index (χ4n) is 3.22. The maximum absolute atomic E-state index is 13.4. The first-order valence-electron chi connectivity index (χ1n) is 10.8. The van der Waals surface area contributed by atoms with Gasteiger partial charge in [-0.15, -0.1) is 0 Å². The first kappa shape index (κ1) is 24.6. The number of amides is 1. The quantitative estimate of drug-likeness (QED) is 0.604. The van der Waals surface area contributed by atoms with Gasteiger partial charge in [-0.1, -0.05) is 34.1 Å². The van der Waals surface area contributed by atoms with E-state index in [-0.39, 0.29) is 23.3 Å². The molecule has 0 aliphatic carbocycles. The highest BCUT2D eigenvalue weighted by Gasteiger charge is 2.24. The van der Waals surface area contributed by atoms with E-state index in [0.29, 0.717) is 35.4 Å². The first-order valence-corrected chi connectivity index (χ1v) is 10.8. The molecule has 1 amide bonds. The predicted octanol–water partition coefficient (Wildman–Crippen LogP) is 4.96. The van der Waals surface area contributed by atoms with Crippen LogP contribution in [0.2, 0.25) is 0 Å². The van der Waals surface area contributed by atoms with E-state index in [1.165, 1.54) is 12.1 Å². The van der Waals surface area contributed by atoms with Crippen molar-refractivity contribution < 1.29 is 19.4 Å². The second kappa shape index (κ2) is 9.62. The lowest BCUT2D eigenvalue weighted by atomic mass is 9.96. The Balaban J connectivity index is 2.64. The van der Waals surface area contributed by atoms with Crippen molar-refractivity contribution in [3.63, 3.8) is 0 Å². The van der Waals surface area contributed by atoms with Gasteiger partial charge in [0.1, 0.15) is 17.1 Å². The summed E-state index contributed by atoms with van der Waals surface area (Å²) in [6, 6.07) is 4.65. The molecule has 0 aliphatic rings. The number of hydrogen-bond acceptors (Lipinski definition) is 5. The average molecular weight is 433 g/mol. The number of hydrogen-bond donors (Lipinski definition) is 2. The van der Waals surface area contributed by atoms with Gasteiger partial charge in [0.2, 0.25) is 0 Å². The molecule has 0 saturated heterocycles. The number of carbonyl (C=O) groups excluding carboxylic acids is 1. The molecular formula is C24H36N2O5. The average Bonchev–Trinajstić information content (AvgIpc) is 2.62. The van der Waals surface area contributed by atoms with Gasteiger partial charge in [0.15, 0.2) is 0 Å². The lowest BCUT2D eigenvalue weighted by Crippen LogP contribution is -2.36. The van der Waals surface area contributed by atoms with Gasteiger partial charge in [-0.3, -0.25) is 4.79 Å². The zero-order chi connectivity index (χ0) is 23.4. The number of aromatic hydroxyl groups is 1. The molecule has 0 unspecified atom stereocenters. The Bertz CT molecular complexity index is 981. The molecule has 172 valence electrons. The van der Waals surface area contributed by atoms with Crippen molar-refractivity contribution in [2.75, 3.05) is 6.61 Å². The van der Waals surface area contributed by atoms with E-state index in [1.54, 1.807) is 31.4 Å². The van der Waals surface area contributed by atoms with Crippen LogP contribution in [0.4, 0.5) is 4.79 Å². The summed E-state index contributed by atoms with van der Waals surface area (Å²) in [6.45, 7) is 14.6. The molecule has 7 heteroatoms. The number of ether oxygens (including phenoxy) is 2. The van der Waals surface area contributed by atoms with E-state index < -0.39 is 11.7 Å². The number of nitrogens with one attached hydrogen (secondary N) is 1. The van der Waals surface area contributed by atoms with Gasteiger partial charge in [-0.05, 0) is 50.8 Å². The summed E-state index contributed by atoms with van der Waals surface area (Å²) in [4.78, 5) is 25.7. The van der Waals surface area contributed by atoms with Gasteiger partial charge in [0, 0.05) is 11.9 Å². The van der Waals surface area contributed by atoms with Gasteiger partial charge in [0.25, 0.3) is 5.56 Å². The molecule has 0 saturated carbocycles. The van der Waals surface area contributed by atoms with E-state index in [9.17, 15) is 14.7 Å². The van der Waals surface area contributed by atoms with Crippen LogP contribution in [0.3, 0.4) is 0 Å². The molecule has 0 bridgehead atoms. The number of unbranched alkanes of at least 4 members (excludes halogenated alkanes) is 1. The van der Waals surface area contributed by atoms with Crippen LogP contribution in [0, 0.1) is 5.41 Å². The van der Waals surface area contributed by atoms with E-state index in [4.69, 9.17) is 9.47 Å². The summed E-state index contributed by atoms with van der Waals surface area (Å²) in [5.41, 5.74) is -0.450. The number of aromatic nitrogens is 1. The van der Waals surface area contributed by atoms with Crippen LogP contribution in [-0.2, 0) is 17.8 Å². The van der Waals surface area contributed by atoms with E-state index in [1.807, 2.05) is 20.8 Å². The molecule has 2 aromatic rings. The SMILES string of the molecule is CCCCOc1c(CNC(=O)OC(C)(C)C)n(CC(C)(C)C)c(=O)c2ccc(O)cc12. The van der Waals surface area contributed by atoms with Crippen molar-refractivity contribution in [3.05, 3.63) is 34.2 Å². The number of alkyl carbamates (subject to hydrolysis) is 1. The summed E-state index contributed by atoms with van der Waals surface area (Å²) >= 11 is 0. The fraction of sp³-hybridized carbons (Fsp3) is 0.583. The van der Waals surface area contributed by atoms with Crippen molar-refractivity contribution in [2.45, 2.75) is 80.0 Å². The van der Waals surface area contributed by atoms with E-state index in [0.717, 1.165) is 12.8 Å². The molecule has 2 rings (SSSR count). The number of phenols is 1. The van der Waals surface area contributed by atoms with Crippen molar-refractivity contribution in [3.8, 4) is 11.5 Å². The topological polar surface area (TPSA) is 89.8 Å². The standard InChI is InChI=1S/C24H36N2O5/c1-8-9-12-30-20-18-13-16(27)10-11-17(18)21(28)26(15-23(2,3)4)19(20)14-25-22(29)31-24(5,6)7/h10-11,13,27H,8-9,12,14-15H2,1-7H3,(H,25,29). The molecule has 31 heavy (non-hydrogen) atoms. The largest absolute Gasteiger partial charge is 0.508 e. The number of phenolic OH excluding ortho intramolecular Hbond substituents is 1. The Morgan fingerprint density at radius 1 is 1.13 bits per heavy atom. The highest BCUT2D eigenvalue weighted by molar-refractivity contribution is 5.89. The molecule has 0 aliphatic heterocycles. The number of rotatable bonds is 7. The molecule has 1 aromatic carbocycles. The smallest absolute Gasteiger partial charge is 0.407 e. The Hall–Kier alpha value is -2.70. The maximum Gasteiger partial charge on any atom is 0.407 e. The molecule has 0 fully saturated rings. The van der Waals surface area contributed by atoms with Gasteiger partial charge >= 0.3 is 6.09 Å². The molecule has 0 radical (unpaired) electrons. The van der Waals surface area contributed by atoms with Gasteiger partial charge in [-0.2, -0.15) is 0 Å². The van der Waals surface area contributed by atoms with Crippen molar-refractivity contribution in [2.24, 2.45) is 5.41 Å². The van der Waals surface area contributed by atoms with Crippen LogP contribution in [0.15, 0.2) is 23.0 Å². The highest BCUT2D eigenvalue weighted by Crippen LogP contribution is 2.32. The predicted molar refractivity (Wildman–Crippen MR) is 123 cm³/mol. The van der Waals surface area contributed by atoms with Crippen LogP contribution in [0.5, 0.6) is 11.5 Å². The molecule has 2 N–H and O–H groups in total. The number of benzene rings is 1. The van der Waals surface area contributed by atoms with E-state index >= 15 is 0 Å². The minimum absolute atomic E-state index is 0.0480. The third-order valence-electron chi connectivity index (χ3n) is 4.49. The summed E-state index contributed by atoms with van der Waals surface area (Å²) in [5.74, 6) is 0.547. The van der Waals surface area contributed by atoms with E-state index in [2.05, 4.69) is 12.2 Å². The second-order valence-corrected chi connectivity index (χ2v) is 10.0. The normalized spacial score (nSPS) is 12.1. The van der Waals surface area contributed by atoms with Crippen LogP contribution < -0.4 is 15.6 Å². The molecule has 1 heterocycles. The minimum Gasteiger partial charge on any atom is -0.508 e.